The molecule has 0 aliphatic rings. The molecule has 0 amide bonds. The summed E-state index contributed by atoms with van der Waals surface area (Å²) in [6, 6.07) is 3.33. The Balaban J connectivity index is 3.24. The molecule has 0 heterocycles. The predicted molar refractivity (Wildman–Crippen MR) is 93.1 cm³/mol. The summed E-state index contributed by atoms with van der Waals surface area (Å²) in [6.07, 6.45) is -0.237. The molecule has 0 aliphatic heterocycles. The molecule has 0 radical (unpaired) electrons. The van der Waals surface area contributed by atoms with E-state index in [9.17, 15) is 18.1 Å². The summed E-state index contributed by atoms with van der Waals surface area (Å²) in [5.74, 6) is -0.760. The van der Waals surface area contributed by atoms with Crippen LogP contribution in [-0.2, 0) is 20.9 Å². The Kier molecular flexibility index (Phi) is 8.40. The lowest BCUT2D eigenvalue weighted by atomic mass is 10.0. The molecule has 1 rings (SSSR count). The van der Waals surface area contributed by atoms with Gasteiger partial charge in [-0.1, -0.05) is 17.7 Å². The number of halogens is 3. The van der Waals surface area contributed by atoms with Gasteiger partial charge in [0.15, 0.2) is 0 Å². The van der Waals surface area contributed by atoms with Crippen LogP contribution in [0.2, 0.25) is 5.02 Å². The van der Waals surface area contributed by atoms with E-state index in [-0.39, 0.29) is 29.4 Å². The van der Waals surface area contributed by atoms with Crippen LogP contribution in [0, 0.1) is 0 Å². The minimum Gasteiger partial charge on any atom is -0.598 e. The monoisotopic (exact) mass is 397 g/mol. The highest BCUT2D eigenvalue weighted by Crippen LogP contribution is 2.36. The number of hydrogen-bond donors (Lipinski definition) is 1. The molecule has 0 spiro atoms. The molecule has 25 heavy (non-hydrogen) atoms. The molecule has 5 nitrogen and oxygen atoms in total. The second-order valence-electron chi connectivity index (χ2n) is 6.09. The third-order valence-electron chi connectivity index (χ3n) is 3.06. The van der Waals surface area contributed by atoms with Crippen molar-refractivity contribution in [2.45, 2.75) is 51.5 Å². The van der Waals surface area contributed by atoms with E-state index in [2.05, 4.69) is 9.46 Å². The molecule has 0 saturated heterocycles. The highest BCUT2D eigenvalue weighted by molar-refractivity contribution is 7.90. The maximum Gasteiger partial charge on any atom is 0.387 e. The summed E-state index contributed by atoms with van der Waals surface area (Å²) in [4.78, 5) is 11.9. The molecule has 0 bridgehead atoms. The molecule has 0 aliphatic carbocycles. The molecule has 0 aromatic heterocycles. The molecule has 2 unspecified atom stereocenters. The van der Waals surface area contributed by atoms with Crippen molar-refractivity contribution < 1.29 is 27.6 Å². The van der Waals surface area contributed by atoms with Gasteiger partial charge in [0, 0.05) is 21.9 Å². The number of benzene rings is 1. The van der Waals surface area contributed by atoms with Crippen molar-refractivity contribution >= 4 is 28.9 Å². The third-order valence-corrected chi connectivity index (χ3v) is 5.00. The van der Waals surface area contributed by atoms with E-state index in [1.807, 2.05) is 0 Å². The largest absolute Gasteiger partial charge is 0.598 e. The van der Waals surface area contributed by atoms with Gasteiger partial charge in [-0.05, 0) is 39.8 Å². The summed E-state index contributed by atoms with van der Waals surface area (Å²) in [5, 5.41) is 0.117. The van der Waals surface area contributed by atoms with Crippen LogP contribution in [0.5, 0.6) is 5.75 Å². The number of rotatable bonds is 8. The number of alkyl halides is 2. The Morgan fingerprint density at radius 2 is 2.04 bits per heavy atom. The molecule has 0 saturated carbocycles. The molecular formula is C16H22ClF2NO4S. The first-order valence-corrected chi connectivity index (χ1v) is 9.16. The van der Waals surface area contributed by atoms with Crippen LogP contribution in [0.15, 0.2) is 18.2 Å². The van der Waals surface area contributed by atoms with Crippen molar-refractivity contribution in [2.75, 3.05) is 6.61 Å². The standard InChI is InChI=1S/C16H22ClF2NO4S/c1-5-23-13(21)9-11(20-25(22)16(2,3)4)14-10(17)7-6-8-12(14)24-15(18)19/h6-8,11,15,20H,5,9H2,1-4H3. The maximum atomic E-state index is 12.7. The van der Waals surface area contributed by atoms with Gasteiger partial charge in [0.05, 0.1) is 19.1 Å². The SMILES string of the molecule is CCOC(=O)CC(N[S+]([O-])C(C)(C)C)c1c(Cl)cccc1OC(F)F. The van der Waals surface area contributed by atoms with Crippen LogP contribution in [0.4, 0.5) is 8.78 Å². The lowest BCUT2D eigenvalue weighted by molar-refractivity contribution is -0.143. The van der Waals surface area contributed by atoms with Crippen LogP contribution >= 0.6 is 11.6 Å². The van der Waals surface area contributed by atoms with Crippen molar-refractivity contribution in [3.05, 3.63) is 28.8 Å². The number of carbonyl (C=O) groups is 1. The van der Waals surface area contributed by atoms with Crippen LogP contribution in [0.1, 0.15) is 45.7 Å². The third kappa shape index (κ3) is 6.97. The van der Waals surface area contributed by atoms with E-state index < -0.39 is 34.7 Å². The Morgan fingerprint density at radius 1 is 1.40 bits per heavy atom. The molecular weight excluding hydrogens is 376 g/mol. The molecule has 142 valence electrons. The minimum atomic E-state index is -3.06. The summed E-state index contributed by atoms with van der Waals surface area (Å²) in [6.45, 7) is 3.96. The van der Waals surface area contributed by atoms with Crippen molar-refractivity contribution in [2.24, 2.45) is 0 Å². The second-order valence-corrected chi connectivity index (χ2v) is 8.50. The molecule has 0 fully saturated rings. The fourth-order valence-electron chi connectivity index (χ4n) is 1.95. The number of nitrogens with one attached hydrogen (secondary N) is 1. The number of hydrogen-bond acceptors (Lipinski definition) is 5. The predicted octanol–water partition coefficient (Wildman–Crippen LogP) is 3.99. The van der Waals surface area contributed by atoms with Gasteiger partial charge in [-0.15, -0.1) is 4.72 Å². The summed E-state index contributed by atoms with van der Waals surface area (Å²) in [5.41, 5.74) is 0.134. The number of carbonyl (C=O) groups excluding carboxylic acids is 1. The van der Waals surface area contributed by atoms with Crippen molar-refractivity contribution in [3.8, 4) is 5.75 Å². The number of esters is 1. The normalized spacial score (nSPS) is 14.3. The Bertz CT molecular complexity index is 584. The van der Waals surface area contributed by atoms with Crippen molar-refractivity contribution in [3.63, 3.8) is 0 Å². The van der Waals surface area contributed by atoms with Crippen LogP contribution in [0.25, 0.3) is 0 Å². The van der Waals surface area contributed by atoms with Gasteiger partial charge in [0.25, 0.3) is 0 Å². The van der Waals surface area contributed by atoms with Gasteiger partial charge in [0.1, 0.15) is 10.5 Å². The average Bonchev–Trinajstić information content (AvgIpc) is 2.45. The summed E-state index contributed by atoms with van der Waals surface area (Å²) < 4.78 is 49.4. The van der Waals surface area contributed by atoms with E-state index in [0.29, 0.717) is 0 Å². The van der Waals surface area contributed by atoms with Crippen LogP contribution in [0.3, 0.4) is 0 Å². The highest BCUT2D eigenvalue weighted by atomic mass is 35.5. The van der Waals surface area contributed by atoms with Crippen LogP contribution in [-0.4, -0.2) is 28.5 Å². The smallest absolute Gasteiger partial charge is 0.387 e. The first kappa shape index (κ1) is 22.0. The van der Waals surface area contributed by atoms with Gasteiger partial charge in [-0.2, -0.15) is 8.78 Å². The molecule has 1 aromatic carbocycles. The van der Waals surface area contributed by atoms with Gasteiger partial charge in [-0.25, -0.2) is 0 Å². The van der Waals surface area contributed by atoms with Crippen molar-refractivity contribution in [1.82, 2.24) is 4.72 Å². The van der Waals surface area contributed by atoms with Gasteiger partial charge in [-0.3, -0.25) is 4.79 Å². The van der Waals surface area contributed by atoms with E-state index in [0.717, 1.165) is 0 Å². The zero-order chi connectivity index (χ0) is 19.2. The first-order valence-electron chi connectivity index (χ1n) is 7.63. The van der Waals surface area contributed by atoms with E-state index >= 15 is 0 Å². The van der Waals surface area contributed by atoms with Gasteiger partial charge in [0.2, 0.25) is 0 Å². The topological polar surface area (TPSA) is 70.6 Å². The molecule has 1 aromatic rings. The van der Waals surface area contributed by atoms with E-state index in [4.69, 9.17) is 16.3 Å². The van der Waals surface area contributed by atoms with E-state index in [1.165, 1.54) is 18.2 Å². The fourth-order valence-corrected chi connectivity index (χ4v) is 3.06. The summed E-state index contributed by atoms with van der Waals surface area (Å²) >= 11 is 4.57. The summed E-state index contributed by atoms with van der Waals surface area (Å²) in [7, 11) is 0. The van der Waals surface area contributed by atoms with E-state index in [1.54, 1.807) is 27.7 Å². The van der Waals surface area contributed by atoms with Crippen molar-refractivity contribution in [1.29, 1.82) is 0 Å². The molecule has 2 atom stereocenters. The zero-order valence-electron chi connectivity index (χ0n) is 14.5. The minimum absolute atomic E-state index is 0.117. The average molecular weight is 398 g/mol. The fraction of sp³-hybridized carbons (Fsp3) is 0.562. The quantitative estimate of drug-likeness (QED) is 0.530. The number of ether oxygens (including phenoxy) is 2. The Morgan fingerprint density at radius 3 is 2.56 bits per heavy atom. The molecule has 9 heteroatoms. The Labute approximate surface area is 154 Å². The Hall–Kier alpha value is -1.09. The van der Waals surface area contributed by atoms with Crippen LogP contribution < -0.4 is 9.46 Å². The lowest BCUT2D eigenvalue weighted by Crippen LogP contribution is -2.42. The first-order chi connectivity index (χ1) is 11.6. The highest BCUT2D eigenvalue weighted by Gasteiger charge is 2.33. The van der Waals surface area contributed by atoms with Gasteiger partial charge < -0.3 is 14.0 Å². The second kappa shape index (κ2) is 9.56. The molecule has 1 N–H and O–H groups in total. The lowest BCUT2D eigenvalue weighted by Gasteiger charge is -2.29. The maximum absolute atomic E-state index is 12.7. The van der Waals surface area contributed by atoms with Gasteiger partial charge >= 0.3 is 12.6 Å². The zero-order valence-corrected chi connectivity index (χ0v) is 16.0.